The van der Waals surface area contributed by atoms with Crippen LogP contribution in [0, 0.1) is 0 Å². The van der Waals surface area contributed by atoms with E-state index in [4.69, 9.17) is 4.43 Å². The molecule has 0 aromatic heterocycles. The van der Waals surface area contributed by atoms with Gasteiger partial charge in [-0.05, 0) is 34.7 Å². The molecule has 0 radical (unpaired) electrons. The van der Waals surface area contributed by atoms with Crippen LogP contribution < -0.4 is 10.4 Å². The fourth-order valence-corrected chi connectivity index (χ4v) is 8.14. The van der Waals surface area contributed by atoms with Gasteiger partial charge in [0.25, 0.3) is 8.32 Å². The van der Waals surface area contributed by atoms with E-state index >= 15 is 0 Å². The fraction of sp³-hybridized carbons (Fsp3) is 0.391. The molecule has 140 valence electrons. The summed E-state index contributed by atoms with van der Waals surface area (Å²) in [6.07, 6.45) is 3.74. The topological polar surface area (TPSA) is 29.5 Å². The molecule has 2 aromatic rings. The van der Waals surface area contributed by atoms with Crippen LogP contribution in [0.5, 0.6) is 0 Å². The summed E-state index contributed by atoms with van der Waals surface area (Å²) >= 11 is 0. The quantitative estimate of drug-likeness (QED) is 0.529. The van der Waals surface area contributed by atoms with Crippen molar-refractivity contribution in [3.8, 4) is 0 Å². The van der Waals surface area contributed by atoms with E-state index in [0.29, 0.717) is 13.0 Å². The molecule has 0 aliphatic carbocycles. The highest BCUT2D eigenvalue weighted by atomic mass is 28.4. The fourth-order valence-electron chi connectivity index (χ4n) is 3.56. The lowest BCUT2D eigenvalue weighted by molar-refractivity contribution is 0.129. The van der Waals surface area contributed by atoms with E-state index in [1.165, 1.54) is 10.4 Å². The van der Waals surface area contributed by atoms with Crippen molar-refractivity contribution in [2.24, 2.45) is 0 Å². The van der Waals surface area contributed by atoms with Crippen LogP contribution in [0.2, 0.25) is 5.04 Å². The van der Waals surface area contributed by atoms with Crippen LogP contribution in [0.3, 0.4) is 0 Å². The Bertz CT molecular complexity index is 622. The van der Waals surface area contributed by atoms with E-state index in [-0.39, 0.29) is 11.1 Å². The van der Waals surface area contributed by atoms with E-state index in [9.17, 15) is 5.11 Å². The molecule has 0 amide bonds. The Morgan fingerprint density at radius 1 is 0.962 bits per heavy atom. The molecule has 0 saturated heterocycles. The van der Waals surface area contributed by atoms with Gasteiger partial charge >= 0.3 is 0 Å². The first-order chi connectivity index (χ1) is 12.4. The first kappa shape index (κ1) is 20.6. The van der Waals surface area contributed by atoms with Crippen molar-refractivity contribution in [2.75, 3.05) is 6.61 Å². The Morgan fingerprint density at radius 3 is 1.88 bits per heavy atom. The van der Waals surface area contributed by atoms with Crippen molar-refractivity contribution in [3.05, 3.63) is 73.3 Å². The van der Waals surface area contributed by atoms with E-state index in [0.717, 1.165) is 12.8 Å². The minimum absolute atomic E-state index is 0.0260. The van der Waals surface area contributed by atoms with Crippen LogP contribution in [-0.2, 0) is 4.43 Å². The lowest BCUT2D eigenvalue weighted by Crippen LogP contribution is -2.66. The zero-order valence-corrected chi connectivity index (χ0v) is 17.3. The molecule has 0 bridgehead atoms. The number of aliphatic hydroxyl groups excluding tert-OH is 1. The van der Waals surface area contributed by atoms with Crippen molar-refractivity contribution in [1.82, 2.24) is 0 Å². The highest BCUT2D eigenvalue weighted by Gasteiger charge is 2.49. The molecule has 2 nitrogen and oxygen atoms in total. The van der Waals surface area contributed by atoms with Crippen molar-refractivity contribution >= 4 is 18.7 Å². The lowest BCUT2D eigenvalue weighted by Gasteiger charge is -2.43. The molecule has 3 heteroatoms. The van der Waals surface area contributed by atoms with Gasteiger partial charge in [-0.15, -0.1) is 6.58 Å². The number of hydrogen-bond donors (Lipinski definition) is 1. The Labute approximate surface area is 159 Å². The zero-order chi connectivity index (χ0) is 19.0. The van der Waals surface area contributed by atoms with Gasteiger partial charge in [0.15, 0.2) is 0 Å². The number of aliphatic hydroxyl groups is 1. The lowest BCUT2D eigenvalue weighted by atomic mass is 10.1. The average Bonchev–Trinajstić information content (AvgIpc) is 2.64. The molecule has 0 saturated carbocycles. The maximum absolute atomic E-state index is 10.2. The Kier molecular flexibility index (Phi) is 7.39. The van der Waals surface area contributed by atoms with Crippen molar-refractivity contribution in [2.45, 2.75) is 51.2 Å². The third-order valence-electron chi connectivity index (χ3n) is 4.89. The van der Waals surface area contributed by atoms with Gasteiger partial charge in [0.2, 0.25) is 0 Å². The molecule has 0 aliphatic heterocycles. The SMILES string of the molecule is C=CCC[C@@H](O)CCO[Si](c1ccccc1)(c1ccccc1)C(C)(C)C. The summed E-state index contributed by atoms with van der Waals surface area (Å²) in [6, 6.07) is 21.2. The molecular formula is C23H32O2Si. The van der Waals surface area contributed by atoms with Crippen molar-refractivity contribution in [3.63, 3.8) is 0 Å². The molecule has 0 aliphatic rings. The zero-order valence-electron chi connectivity index (χ0n) is 16.3. The van der Waals surface area contributed by atoms with Gasteiger partial charge in [0.05, 0.1) is 6.10 Å². The molecule has 0 fully saturated rings. The number of rotatable bonds is 9. The molecule has 1 atom stereocenters. The molecule has 0 spiro atoms. The molecule has 2 rings (SSSR count). The Hall–Kier alpha value is -1.68. The summed E-state index contributed by atoms with van der Waals surface area (Å²) in [4.78, 5) is 0. The van der Waals surface area contributed by atoms with Gasteiger partial charge in [0, 0.05) is 6.61 Å². The van der Waals surface area contributed by atoms with Gasteiger partial charge in [-0.25, -0.2) is 0 Å². The molecule has 2 aromatic carbocycles. The molecule has 0 unspecified atom stereocenters. The second kappa shape index (κ2) is 9.31. The monoisotopic (exact) mass is 368 g/mol. The summed E-state index contributed by atoms with van der Waals surface area (Å²) < 4.78 is 6.77. The molecular weight excluding hydrogens is 336 g/mol. The first-order valence-electron chi connectivity index (χ1n) is 9.46. The van der Waals surface area contributed by atoms with Crippen molar-refractivity contribution < 1.29 is 9.53 Å². The van der Waals surface area contributed by atoms with Crippen LogP contribution in [0.25, 0.3) is 0 Å². The minimum atomic E-state index is -2.48. The summed E-state index contributed by atoms with van der Waals surface area (Å²) in [6.45, 7) is 11.1. The normalized spacial score (nSPS) is 13.4. The molecule has 1 N–H and O–H groups in total. The number of allylic oxidation sites excluding steroid dienone is 1. The third kappa shape index (κ3) is 4.73. The predicted octanol–water partition coefficient (Wildman–Crippen LogP) is 4.28. The summed E-state index contributed by atoms with van der Waals surface area (Å²) in [7, 11) is -2.48. The second-order valence-corrected chi connectivity index (χ2v) is 12.1. The minimum Gasteiger partial charge on any atom is -0.407 e. The highest BCUT2D eigenvalue weighted by Crippen LogP contribution is 2.36. The van der Waals surface area contributed by atoms with Crippen LogP contribution in [0.15, 0.2) is 73.3 Å². The van der Waals surface area contributed by atoms with Gasteiger partial charge in [-0.2, -0.15) is 0 Å². The smallest absolute Gasteiger partial charge is 0.261 e. The van der Waals surface area contributed by atoms with Crippen LogP contribution >= 0.6 is 0 Å². The average molecular weight is 369 g/mol. The van der Waals surface area contributed by atoms with Crippen LogP contribution in [-0.4, -0.2) is 26.1 Å². The number of benzene rings is 2. The third-order valence-corrected chi connectivity index (χ3v) is 9.93. The van der Waals surface area contributed by atoms with E-state index in [1.54, 1.807) is 0 Å². The van der Waals surface area contributed by atoms with Crippen LogP contribution in [0.4, 0.5) is 0 Å². The summed E-state index contributed by atoms with van der Waals surface area (Å²) in [5.74, 6) is 0. The molecule has 26 heavy (non-hydrogen) atoms. The van der Waals surface area contributed by atoms with E-state index < -0.39 is 8.32 Å². The summed E-state index contributed by atoms with van der Waals surface area (Å²) in [5, 5.41) is 12.7. The van der Waals surface area contributed by atoms with Gasteiger partial charge in [-0.1, -0.05) is 87.5 Å². The van der Waals surface area contributed by atoms with Crippen molar-refractivity contribution in [1.29, 1.82) is 0 Å². The number of hydrogen-bond acceptors (Lipinski definition) is 2. The second-order valence-electron chi connectivity index (χ2n) is 7.82. The molecule has 0 heterocycles. The standard InChI is InChI=1S/C23H32O2Si/c1-5-6-13-20(24)18-19-25-26(23(2,3)4,21-14-9-7-10-15-21)22-16-11-8-12-17-22/h5,7-12,14-17,20,24H,1,6,13,18-19H2,2-4H3/t20-/m1/s1. The van der Waals surface area contributed by atoms with E-state index in [2.05, 4.69) is 88.0 Å². The van der Waals surface area contributed by atoms with Gasteiger partial charge in [-0.3, -0.25) is 0 Å². The van der Waals surface area contributed by atoms with Gasteiger partial charge < -0.3 is 9.53 Å². The highest BCUT2D eigenvalue weighted by molar-refractivity contribution is 6.99. The van der Waals surface area contributed by atoms with Crippen LogP contribution in [0.1, 0.15) is 40.0 Å². The Morgan fingerprint density at radius 2 is 1.46 bits per heavy atom. The van der Waals surface area contributed by atoms with Gasteiger partial charge in [0.1, 0.15) is 0 Å². The predicted molar refractivity (Wildman–Crippen MR) is 114 cm³/mol. The summed E-state index contributed by atoms with van der Waals surface area (Å²) in [5.41, 5.74) is 0. The maximum Gasteiger partial charge on any atom is 0.261 e. The largest absolute Gasteiger partial charge is 0.407 e. The Balaban J connectivity index is 2.36. The first-order valence-corrected chi connectivity index (χ1v) is 11.4. The maximum atomic E-state index is 10.2. The van der Waals surface area contributed by atoms with E-state index in [1.807, 2.05) is 6.08 Å².